The topological polar surface area (TPSA) is 111 Å². The van der Waals surface area contributed by atoms with Crippen LogP contribution in [-0.4, -0.2) is 51.6 Å². The van der Waals surface area contributed by atoms with Gasteiger partial charge in [0.15, 0.2) is 6.10 Å². The van der Waals surface area contributed by atoms with Crippen molar-refractivity contribution < 1.29 is 19.1 Å². The lowest BCUT2D eigenvalue weighted by molar-refractivity contribution is -0.157. The van der Waals surface area contributed by atoms with E-state index in [4.69, 9.17) is 4.74 Å². The largest absolute Gasteiger partial charge is 0.452 e. The van der Waals surface area contributed by atoms with Crippen molar-refractivity contribution in [1.29, 1.82) is 0 Å². The molecule has 25 heavy (non-hydrogen) atoms. The zero-order valence-electron chi connectivity index (χ0n) is 13.4. The average molecular weight is 364 g/mol. The average Bonchev–Trinajstić information content (AvgIpc) is 3.22. The van der Waals surface area contributed by atoms with Crippen molar-refractivity contribution in [2.45, 2.75) is 26.0 Å². The first-order valence-corrected chi connectivity index (χ1v) is 8.56. The standard InChI is InChI=1S/C15H16N4O5S/c1-9(13(21)19-6-4-16-15(19)23)24-11(20)2-5-18-8-17-12-10(14(18)22)3-7-25-12/h3,7-9H,2,4-6H2,1H3,(H,16,23)/t9-/m0/s1. The number of hydrogen-bond acceptors (Lipinski definition) is 7. The van der Waals surface area contributed by atoms with Crippen LogP contribution in [0.2, 0.25) is 0 Å². The van der Waals surface area contributed by atoms with Crippen LogP contribution in [-0.2, 0) is 20.9 Å². The van der Waals surface area contributed by atoms with Crippen molar-refractivity contribution in [3.05, 3.63) is 28.1 Å². The summed E-state index contributed by atoms with van der Waals surface area (Å²) >= 11 is 1.37. The molecule has 0 saturated carbocycles. The second kappa shape index (κ2) is 7.01. The van der Waals surface area contributed by atoms with Gasteiger partial charge in [-0.15, -0.1) is 11.3 Å². The second-order valence-corrected chi connectivity index (χ2v) is 6.38. The van der Waals surface area contributed by atoms with E-state index >= 15 is 0 Å². The van der Waals surface area contributed by atoms with E-state index in [1.54, 1.807) is 11.4 Å². The molecule has 1 aliphatic heterocycles. The summed E-state index contributed by atoms with van der Waals surface area (Å²) in [5.41, 5.74) is -0.225. The van der Waals surface area contributed by atoms with Gasteiger partial charge in [0.25, 0.3) is 11.5 Å². The number of aromatic nitrogens is 2. The van der Waals surface area contributed by atoms with Crippen LogP contribution in [0.25, 0.3) is 10.2 Å². The summed E-state index contributed by atoms with van der Waals surface area (Å²) in [6.45, 7) is 2.14. The van der Waals surface area contributed by atoms with Crippen molar-refractivity contribution in [3.63, 3.8) is 0 Å². The van der Waals surface area contributed by atoms with Gasteiger partial charge >= 0.3 is 12.0 Å². The highest BCUT2D eigenvalue weighted by atomic mass is 32.1. The van der Waals surface area contributed by atoms with E-state index in [1.165, 1.54) is 29.2 Å². The number of imide groups is 1. The van der Waals surface area contributed by atoms with Crippen LogP contribution in [0.3, 0.4) is 0 Å². The Kier molecular flexibility index (Phi) is 4.79. The predicted octanol–water partition coefficient (Wildman–Crippen LogP) is 0.332. The molecule has 1 aliphatic rings. The van der Waals surface area contributed by atoms with Crippen LogP contribution in [0.15, 0.2) is 22.6 Å². The van der Waals surface area contributed by atoms with Crippen LogP contribution >= 0.6 is 11.3 Å². The number of amides is 3. The van der Waals surface area contributed by atoms with Gasteiger partial charge in [0.05, 0.1) is 18.1 Å². The van der Waals surface area contributed by atoms with Gasteiger partial charge < -0.3 is 10.1 Å². The highest BCUT2D eigenvalue weighted by molar-refractivity contribution is 7.16. The molecule has 1 N–H and O–H groups in total. The third kappa shape index (κ3) is 3.53. The molecule has 9 nitrogen and oxygen atoms in total. The Morgan fingerprint density at radius 2 is 2.24 bits per heavy atom. The maximum atomic E-state index is 12.2. The Morgan fingerprint density at radius 1 is 1.44 bits per heavy atom. The number of hydrogen-bond donors (Lipinski definition) is 1. The maximum absolute atomic E-state index is 12.2. The molecule has 3 heterocycles. The summed E-state index contributed by atoms with van der Waals surface area (Å²) in [6.07, 6.45) is 0.240. The first-order valence-electron chi connectivity index (χ1n) is 7.68. The fraction of sp³-hybridized carbons (Fsp3) is 0.400. The van der Waals surface area contributed by atoms with Crippen LogP contribution in [0, 0.1) is 0 Å². The van der Waals surface area contributed by atoms with E-state index in [1.807, 2.05) is 0 Å². The highest BCUT2D eigenvalue weighted by Gasteiger charge is 2.31. The molecular formula is C15H16N4O5S. The van der Waals surface area contributed by atoms with E-state index < -0.39 is 24.0 Å². The molecule has 132 valence electrons. The molecule has 2 aromatic rings. The summed E-state index contributed by atoms with van der Waals surface area (Å²) in [6, 6.07) is 1.20. The molecule has 2 aromatic heterocycles. The number of carbonyl (C=O) groups is 3. The fourth-order valence-corrected chi connectivity index (χ4v) is 3.20. The van der Waals surface area contributed by atoms with Crippen molar-refractivity contribution in [2.75, 3.05) is 13.1 Å². The van der Waals surface area contributed by atoms with Crippen molar-refractivity contribution in [1.82, 2.24) is 19.8 Å². The Balaban J connectivity index is 1.57. The minimum absolute atomic E-state index is 0.0823. The van der Waals surface area contributed by atoms with Gasteiger partial charge in [0, 0.05) is 19.6 Å². The molecule has 0 unspecified atom stereocenters. The molecule has 10 heteroatoms. The number of nitrogens with zero attached hydrogens (tertiary/aromatic N) is 3. The van der Waals surface area contributed by atoms with Gasteiger partial charge in [-0.25, -0.2) is 9.78 Å². The van der Waals surface area contributed by atoms with Crippen LogP contribution < -0.4 is 10.9 Å². The van der Waals surface area contributed by atoms with Gasteiger partial charge in [-0.3, -0.25) is 23.9 Å². The molecule has 0 radical (unpaired) electrons. The third-order valence-electron chi connectivity index (χ3n) is 3.79. The summed E-state index contributed by atoms with van der Waals surface area (Å²) in [4.78, 5) is 53.5. The lowest BCUT2D eigenvalue weighted by Crippen LogP contribution is -2.41. The van der Waals surface area contributed by atoms with Gasteiger partial charge in [-0.05, 0) is 18.4 Å². The number of rotatable bonds is 5. The quantitative estimate of drug-likeness (QED) is 0.766. The number of ether oxygens (including phenoxy) is 1. The number of thiophene rings is 1. The zero-order valence-corrected chi connectivity index (χ0v) is 14.2. The highest BCUT2D eigenvalue weighted by Crippen LogP contribution is 2.13. The lowest BCUT2D eigenvalue weighted by Gasteiger charge is -2.18. The zero-order chi connectivity index (χ0) is 18.0. The Labute approximate surface area is 146 Å². The van der Waals surface area contributed by atoms with Gasteiger partial charge in [0.1, 0.15) is 4.83 Å². The molecule has 3 rings (SSSR count). The van der Waals surface area contributed by atoms with Gasteiger partial charge in [0.2, 0.25) is 0 Å². The fourth-order valence-electron chi connectivity index (χ4n) is 2.47. The van der Waals surface area contributed by atoms with E-state index in [0.717, 1.165) is 4.90 Å². The second-order valence-electron chi connectivity index (χ2n) is 5.49. The summed E-state index contributed by atoms with van der Waals surface area (Å²) in [5.74, 6) is -1.19. The van der Waals surface area contributed by atoms with E-state index in [0.29, 0.717) is 16.8 Å². The van der Waals surface area contributed by atoms with Crippen molar-refractivity contribution in [2.24, 2.45) is 0 Å². The number of esters is 1. The predicted molar refractivity (Wildman–Crippen MR) is 89.2 cm³/mol. The Hall–Kier alpha value is -2.75. The monoisotopic (exact) mass is 364 g/mol. The van der Waals surface area contributed by atoms with Gasteiger partial charge in [-0.1, -0.05) is 0 Å². The number of nitrogens with one attached hydrogen (secondary N) is 1. The SMILES string of the molecule is C[C@H](OC(=O)CCn1cnc2sccc2c1=O)C(=O)N1CCNC1=O. The molecule has 0 spiro atoms. The summed E-state index contributed by atoms with van der Waals surface area (Å²) < 4.78 is 6.39. The normalized spacial score (nSPS) is 15.2. The number of fused-ring (bicyclic) bond motifs is 1. The number of urea groups is 1. The molecule has 0 aliphatic carbocycles. The minimum atomic E-state index is -1.06. The smallest absolute Gasteiger partial charge is 0.324 e. The molecular weight excluding hydrogens is 348 g/mol. The lowest BCUT2D eigenvalue weighted by atomic mass is 10.3. The molecule has 3 amide bonds. The third-order valence-corrected chi connectivity index (χ3v) is 4.61. The van der Waals surface area contributed by atoms with Crippen LogP contribution in [0.4, 0.5) is 4.79 Å². The minimum Gasteiger partial charge on any atom is -0.452 e. The number of aryl methyl sites for hydroxylation is 1. The number of carbonyl (C=O) groups excluding carboxylic acids is 3. The van der Waals surface area contributed by atoms with Crippen LogP contribution in [0.5, 0.6) is 0 Å². The van der Waals surface area contributed by atoms with E-state index in [2.05, 4.69) is 10.3 Å². The van der Waals surface area contributed by atoms with Crippen molar-refractivity contribution >= 4 is 39.5 Å². The molecule has 1 fully saturated rings. The van der Waals surface area contributed by atoms with Gasteiger partial charge in [-0.2, -0.15) is 0 Å². The first kappa shape index (κ1) is 17.1. The first-order chi connectivity index (χ1) is 12.0. The maximum Gasteiger partial charge on any atom is 0.324 e. The van der Waals surface area contributed by atoms with Crippen molar-refractivity contribution in [3.8, 4) is 0 Å². The molecule has 1 atom stereocenters. The Bertz CT molecular complexity index is 889. The Morgan fingerprint density at radius 3 is 2.96 bits per heavy atom. The summed E-state index contributed by atoms with van der Waals surface area (Å²) in [7, 11) is 0. The molecule has 0 bridgehead atoms. The van der Waals surface area contributed by atoms with Crippen LogP contribution in [0.1, 0.15) is 13.3 Å². The molecule has 0 aromatic carbocycles. The van der Waals surface area contributed by atoms with E-state index in [9.17, 15) is 19.2 Å². The summed E-state index contributed by atoms with van der Waals surface area (Å²) in [5, 5.41) is 4.79. The van der Waals surface area contributed by atoms with E-state index in [-0.39, 0.29) is 25.1 Å². The molecule has 1 saturated heterocycles.